The van der Waals surface area contributed by atoms with E-state index in [1.807, 2.05) is 26.8 Å². The van der Waals surface area contributed by atoms with Crippen molar-refractivity contribution in [2.45, 2.75) is 26.8 Å². The maximum Gasteiger partial charge on any atom is 0.321 e. The van der Waals surface area contributed by atoms with Crippen molar-refractivity contribution in [1.29, 1.82) is 0 Å². The number of carbonyl (C=O) groups excluding carboxylic acids is 3. The van der Waals surface area contributed by atoms with Gasteiger partial charge in [-0.2, -0.15) is 0 Å². The second kappa shape index (κ2) is 10.7. The first-order valence-corrected chi connectivity index (χ1v) is 11.2. The third-order valence-corrected chi connectivity index (χ3v) is 6.03. The Morgan fingerprint density at radius 2 is 1.58 bits per heavy atom. The van der Waals surface area contributed by atoms with E-state index in [0.717, 1.165) is 5.56 Å². The molecule has 1 saturated heterocycles. The largest absolute Gasteiger partial charge is 0.340 e. The van der Waals surface area contributed by atoms with Gasteiger partial charge in [0.1, 0.15) is 11.9 Å². The van der Waals surface area contributed by atoms with Crippen LogP contribution in [0.5, 0.6) is 0 Å². The predicted octanol–water partition coefficient (Wildman–Crippen LogP) is 3.92. The number of nitrogens with one attached hydrogen (secondary N) is 2. The molecule has 7 nitrogen and oxygen atoms in total. The summed E-state index contributed by atoms with van der Waals surface area (Å²) in [7, 11) is 0. The van der Waals surface area contributed by atoms with E-state index in [2.05, 4.69) is 10.6 Å². The lowest BCUT2D eigenvalue weighted by Gasteiger charge is -2.37. The van der Waals surface area contributed by atoms with Gasteiger partial charge in [0.05, 0.1) is 0 Å². The fourth-order valence-corrected chi connectivity index (χ4v) is 3.72. The van der Waals surface area contributed by atoms with E-state index < -0.39 is 17.8 Å². The zero-order chi connectivity index (χ0) is 24.1. The lowest BCUT2D eigenvalue weighted by molar-refractivity contribution is -0.135. The predicted molar refractivity (Wildman–Crippen MR) is 126 cm³/mol. The Hall–Kier alpha value is -3.13. The molecule has 9 heteroatoms. The van der Waals surface area contributed by atoms with Crippen LogP contribution in [0.15, 0.2) is 42.5 Å². The van der Waals surface area contributed by atoms with Crippen molar-refractivity contribution < 1.29 is 18.8 Å². The average molecular weight is 475 g/mol. The summed E-state index contributed by atoms with van der Waals surface area (Å²) in [5, 5.41) is 6.17. The van der Waals surface area contributed by atoms with Crippen molar-refractivity contribution in [2.75, 3.05) is 31.5 Å². The number of halogens is 2. The van der Waals surface area contributed by atoms with Crippen LogP contribution in [0, 0.1) is 18.7 Å². The molecule has 0 aliphatic carbocycles. The highest BCUT2D eigenvalue weighted by Crippen LogP contribution is 2.20. The number of piperazine rings is 1. The molecule has 176 valence electrons. The summed E-state index contributed by atoms with van der Waals surface area (Å²) >= 11 is 6.12. The van der Waals surface area contributed by atoms with Gasteiger partial charge in [0.15, 0.2) is 0 Å². The van der Waals surface area contributed by atoms with Gasteiger partial charge in [0, 0.05) is 42.5 Å². The molecule has 1 aliphatic heterocycles. The van der Waals surface area contributed by atoms with Crippen LogP contribution in [-0.4, -0.2) is 59.9 Å². The monoisotopic (exact) mass is 474 g/mol. The minimum atomic E-state index is -0.724. The minimum Gasteiger partial charge on any atom is -0.340 e. The Balaban J connectivity index is 1.56. The van der Waals surface area contributed by atoms with Gasteiger partial charge in [-0.1, -0.05) is 31.5 Å². The molecule has 33 heavy (non-hydrogen) atoms. The van der Waals surface area contributed by atoms with Gasteiger partial charge >= 0.3 is 6.03 Å². The Morgan fingerprint density at radius 1 is 0.970 bits per heavy atom. The first-order chi connectivity index (χ1) is 15.7. The van der Waals surface area contributed by atoms with E-state index in [9.17, 15) is 18.8 Å². The zero-order valence-electron chi connectivity index (χ0n) is 18.9. The number of benzene rings is 2. The molecule has 0 bridgehead atoms. The van der Waals surface area contributed by atoms with Gasteiger partial charge in [-0.05, 0) is 54.8 Å². The third kappa shape index (κ3) is 6.22. The highest BCUT2D eigenvalue weighted by Gasteiger charge is 2.32. The second-order valence-corrected chi connectivity index (χ2v) is 8.82. The smallest absolute Gasteiger partial charge is 0.321 e. The molecule has 0 radical (unpaired) electrons. The fraction of sp³-hybridized carbons (Fsp3) is 0.375. The van der Waals surface area contributed by atoms with Crippen LogP contribution in [0.3, 0.4) is 0 Å². The number of amides is 4. The van der Waals surface area contributed by atoms with Crippen molar-refractivity contribution in [2.24, 2.45) is 5.92 Å². The first-order valence-electron chi connectivity index (χ1n) is 10.8. The van der Waals surface area contributed by atoms with Crippen molar-refractivity contribution in [3.05, 3.63) is 64.4 Å². The van der Waals surface area contributed by atoms with Gasteiger partial charge in [-0.15, -0.1) is 0 Å². The van der Waals surface area contributed by atoms with Crippen LogP contribution < -0.4 is 10.6 Å². The Morgan fingerprint density at radius 3 is 2.15 bits per heavy atom. The summed E-state index contributed by atoms with van der Waals surface area (Å²) in [6.07, 6.45) is 0. The first kappa shape index (κ1) is 24.5. The van der Waals surface area contributed by atoms with Gasteiger partial charge in [0.2, 0.25) is 5.91 Å². The van der Waals surface area contributed by atoms with E-state index in [0.29, 0.717) is 36.9 Å². The van der Waals surface area contributed by atoms with Gasteiger partial charge in [0.25, 0.3) is 5.91 Å². The lowest BCUT2D eigenvalue weighted by atomic mass is 10.0. The van der Waals surface area contributed by atoms with Crippen molar-refractivity contribution in [3.8, 4) is 0 Å². The van der Waals surface area contributed by atoms with Gasteiger partial charge in [-0.25, -0.2) is 9.18 Å². The van der Waals surface area contributed by atoms with Gasteiger partial charge in [-0.3, -0.25) is 9.59 Å². The van der Waals surface area contributed by atoms with Gasteiger partial charge < -0.3 is 20.4 Å². The molecule has 2 aromatic carbocycles. The van der Waals surface area contributed by atoms with Crippen LogP contribution in [0.25, 0.3) is 0 Å². The maximum atomic E-state index is 13.1. The molecule has 0 saturated carbocycles. The lowest BCUT2D eigenvalue weighted by Crippen LogP contribution is -2.57. The molecule has 1 heterocycles. The number of nitrogens with zero attached hydrogens (tertiary/aromatic N) is 2. The summed E-state index contributed by atoms with van der Waals surface area (Å²) in [6, 6.07) is 9.51. The standard InChI is InChI=1S/C24H28ClFN4O3/c1-15(2)21(28-22(31)17-5-7-18(26)8-6-17)23(32)29-10-12-30(13-11-29)24(33)27-19-9-4-16(3)20(25)14-19/h4-9,14-15,21H,10-13H2,1-3H3,(H,27,33)(H,28,31). The van der Waals surface area contributed by atoms with E-state index in [1.165, 1.54) is 24.3 Å². The summed E-state index contributed by atoms with van der Waals surface area (Å²) < 4.78 is 13.1. The third-order valence-electron chi connectivity index (χ3n) is 5.63. The SMILES string of the molecule is Cc1ccc(NC(=O)N2CCN(C(=O)C(NC(=O)c3ccc(F)cc3)C(C)C)CC2)cc1Cl. The van der Waals surface area contributed by atoms with Crippen LogP contribution >= 0.6 is 11.6 Å². The summed E-state index contributed by atoms with van der Waals surface area (Å²) in [4.78, 5) is 41.5. The molecule has 1 fully saturated rings. The van der Waals surface area contributed by atoms with Crippen LogP contribution in [0.4, 0.5) is 14.9 Å². The molecule has 1 atom stereocenters. The van der Waals surface area contributed by atoms with E-state index in [1.54, 1.807) is 21.9 Å². The van der Waals surface area contributed by atoms with Crippen molar-refractivity contribution >= 4 is 35.1 Å². The number of hydrogen-bond acceptors (Lipinski definition) is 3. The number of anilines is 1. The quantitative estimate of drug-likeness (QED) is 0.689. The average Bonchev–Trinajstić information content (AvgIpc) is 2.79. The second-order valence-electron chi connectivity index (χ2n) is 8.41. The van der Waals surface area contributed by atoms with Crippen LogP contribution in [0.2, 0.25) is 5.02 Å². The number of aryl methyl sites for hydroxylation is 1. The molecule has 1 aliphatic rings. The molecular formula is C24H28ClFN4O3. The number of rotatable bonds is 5. The zero-order valence-corrected chi connectivity index (χ0v) is 19.7. The number of hydrogen-bond donors (Lipinski definition) is 2. The van der Waals surface area contributed by atoms with E-state index in [4.69, 9.17) is 11.6 Å². The highest BCUT2D eigenvalue weighted by molar-refractivity contribution is 6.31. The van der Waals surface area contributed by atoms with Crippen LogP contribution in [-0.2, 0) is 4.79 Å². The summed E-state index contributed by atoms with van der Waals surface area (Å²) in [5.41, 5.74) is 1.82. The normalized spacial score (nSPS) is 14.7. The van der Waals surface area contributed by atoms with E-state index in [-0.39, 0.29) is 23.4 Å². The summed E-state index contributed by atoms with van der Waals surface area (Å²) in [6.45, 7) is 7.04. The molecule has 1 unspecified atom stereocenters. The molecular weight excluding hydrogens is 447 g/mol. The van der Waals surface area contributed by atoms with E-state index >= 15 is 0 Å². The topological polar surface area (TPSA) is 81.8 Å². The molecule has 3 rings (SSSR count). The Kier molecular flexibility index (Phi) is 7.92. The van der Waals surface area contributed by atoms with Crippen molar-refractivity contribution in [1.82, 2.24) is 15.1 Å². The molecule has 0 spiro atoms. The fourth-order valence-electron chi connectivity index (χ4n) is 3.54. The molecule has 4 amide bonds. The molecule has 2 aromatic rings. The Bertz CT molecular complexity index is 1020. The number of carbonyl (C=O) groups is 3. The van der Waals surface area contributed by atoms with Crippen molar-refractivity contribution in [3.63, 3.8) is 0 Å². The molecule has 0 aromatic heterocycles. The Labute approximate surface area is 197 Å². The minimum absolute atomic E-state index is 0.144. The summed E-state index contributed by atoms with van der Waals surface area (Å²) in [5.74, 6) is -1.22. The molecule has 2 N–H and O–H groups in total. The van der Waals surface area contributed by atoms with Crippen LogP contribution in [0.1, 0.15) is 29.8 Å². The highest BCUT2D eigenvalue weighted by atomic mass is 35.5. The maximum absolute atomic E-state index is 13.1. The number of urea groups is 1.